The Kier molecular flexibility index (Phi) is 8.41. The zero-order valence-electron chi connectivity index (χ0n) is 20.1. The molecule has 0 atom stereocenters. The lowest BCUT2D eigenvalue weighted by Crippen LogP contribution is -2.16. The largest absolute Gasteiger partial charge is 0.326 e. The molecular weight excluding hydrogens is 412 g/mol. The summed E-state index contributed by atoms with van der Waals surface area (Å²) in [5.41, 5.74) is 7.00. The number of benzene rings is 2. The number of aromatic nitrogens is 2. The van der Waals surface area contributed by atoms with Gasteiger partial charge in [-0.05, 0) is 61.9 Å². The summed E-state index contributed by atoms with van der Waals surface area (Å²) in [6.07, 6.45) is 3.09. The Balaban J connectivity index is 1.56. The van der Waals surface area contributed by atoms with Gasteiger partial charge in [0.2, 0.25) is 11.8 Å². The third-order valence-corrected chi connectivity index (χ3v) is 6.03. The second-order valence-corrected chi connectivity index (χ2v) is 8.24. The van der Waals surface area contributed by atoms with Crippen LogP contribution >= 0.6 is 0 Å². The van der Waals surface area contributed by atoms with E-state index >= 15 is 0 Å². The number of hydrogen-bond donors (Lipinski definition) is 2. The normalized spacial score (nSPS) is 10.8. The molecule has 1 aromatic heterocycles. The molecular formula is C27H34N4O2. The lowest BCUT2D eigenvalue weighted by molar-refractivity contribution is -0.117. The average Bonchev–Trinajstić information content (AvgIpc) is 3.09. The molecule has 0 fully saturated rings. The van der Waals surface area contributed by atoms with Crippen molar-refractivity contribution in [3.05, 3.63) is 76.6 Å². The Morgan fingerprint density at radius 3 is 1.88 bits per heavy atom. The van der Waals surface area contributed by atoms with Gasteiger partial charge in [0.15, 0.2) is 0 Å². The highest BCUT2D eigenvalue weighted by Crippen LogP contribution is 2.19. The predicted octanol–water partition coefficient (Wildman–Crippen LogP) is 5.22. The number of nitrogens with zero attached hydrogens (tertiary/aromatic N) is 2. The maximum Gasteiger partial charge on any atom is 0.226 e. The Bertz CT molecular complexity index is 1120. The Hall–Kier alpha value is -3.41. The zero-order valence-corrected chi connectivity index (χ0v) is 20.1. The molecule has 0 saturated carbocycles. The van der Waals surface area contributed by atoms with Crippen LogP contribution in [0, 0.1) is 13.8 Å². The minimum Gasteiger partial charge on any atom is -0.326 e. The number of para-hydroxylation sites is 2. The molecule has 6 nitrogen and oxygen atoms in total. The Morgan fingerprint density at radius 1 is 0.818 bits per heavy atom. The van der Waals surface area contributed by atoms with Gasteiger partial charge in [0, 0.05) is 36.5 Å². The highest BCUT2D eigenvalue weighted by atomic mass is 16.2. The van der Waals surface area contributed by atoms with Crippen molar-refractivity contribution in [3.8, 4) is 0 Å². The van der Waals surface area contributed by atoms with E-state index in [0.29, 0.717) is 25.8 Å². The molecule has 2 N–H and O–H groups in total. The standard InChI is InChI=1S/C27H34N4O2/c1-5-21-11-7-9-13-24(21)28-26(32)16-15-23-19(3)30-31(20(23)4)18-17-27(33)29-25-14-10-8-12-22(25)6-2/h7-14H,5-6,15-18H2,1-4H3,(H,28,32)(H,29,33). The predicted molar refractivity (Wildman–Crippen MR) is 134 cm³/mol. The summed E-state index contributed by atoms with van der Waals surface area (Å²) in [6.45, 7) is 8.62. The van der Waals surface area contributed by atoms with E-state index in [0.717, 1.165) is 52.3 Å². The lowest BCUT2D eigenvalue weighted by Gasteiger charge is -2.11. The number of aryl methyl sites for hydroxylation is 4. The minimum absolute atomic E-state index is 0.00332. The van der Waals surface area contributed by atoms with Crippen molar-refractivity contribution in [2.45, 2.75) is 66.3 Å². The topological polar surface area (TPSA) is 76.0 Å². The van der Waals surface area contributed by atoms with E-state index in [1.807, 2.05) is 67.1 Å². The smallest absolute Gasteiger partial charge is 0.226 e. The first-order chi connectivity index (χ1) is 15.9. The molecule has 6 heteroatoms. The van der Waals surface area contributed by atoms with Crippen molar-refractivity contribution < 1.29 is 9.59 Å². The molecule has 0 aliphatic heterocycles. The first-order valence-electron chi connectivity index (χ1n) is 11.7. The quantitative estimate of drug-likeness (QED) is 0.448. The van der Waals surface area contributed by atoms with Crippen LogP contribution in [-0.2, 0) is 35.4 Å². The van der Waals surface area contributed by atoms with Crippen molar-refractivity contribution in [2.24, 2.45) is 0 Å². The van der Waals surface area contributed by atoms with Gasteiger partial charge in [-0.25, -0.2) is 0 Å². The van der Waals surface area contributed by atoms with Crippen LogP contribution in [0.15, 0.2) is 48.5 Å². The zero-order chi connectivity index (χ0) is 23.8. The van der Waals surface area contributed by atoms with Gasteiger partial charge < -0.3 is 10.6 Å². The van der Waals surface area contributed by atoms with Gasteiger partial charge in [-0.15, -0.1) is 0 Å². The van der Waals surface area contributed by atoms with Crippen LogP contribution in [0.25, 0.3) is 0 Å². The van der Waals surface area contributed by atoms with E-state index in [4.69, 9.17) is 0 Å². The summed E-state index contributed by atoms with van der Waals surface area (Å²) >= 11 is 0. The summed E-state index contributed by atoms with van der Waals surface area (Å²) < 4.78 is 1.88. The SMILES string of the molecule is CCc1ccccc1NC(=O)CCc1c(C)nn(CCC(=O)Nc2ccccc2CC)c1C. The fourth-order valence-electron chi connectivity index (χ4n) is 4.09. The second kappa shape index (κ2) is 11.5. The molecule has 0 aliphatic rings. The van der Waals surface area contributed by atoms with E-state index in [1.165, 1.54) is 0 Å². The van der Waals surface area contributed by atoms with Crippen LogP contribution in [0.2, 0.25) is 0 Å². The van der Waals surface area contributed by atoms with Crippen LogP contribution in [0.1, 0.15) is 54.8 Å². The molecule has 0 saturated heterocycles. The average molecular weight is 447 g/mol. The third-order valence-electron chi connectivity index (χ3n) is 6.03. The lowest BCUT2D eigenvalue weighted by atomic mass is 10.1. The Morgan fingerprint density at radius 2 is 1.33 bits per heavy atom. The monoisotopic (exact) mass is 446 g/mol. The molecule has 0 radical (unpaired) electrons. The van der Waals surface area contributed by atoms with E-state index in [2.05, 4.69) is 29.6 Å². The number of hydrogen-bond acceptors (Lipinski definition) is 3. The maximum atomic E-state index is 12.5. The van der Waals surface area contributed by atoms with Crippen LogP contribution in [0.4, 0.5) is 11.4 Å². The fraction of sp³-hybridized carbons (Fsp3) is 0.370. The van der Waals surface area contributed by atoms with Crippen molar-refractivity contribution in [2.75, 3.05) is 10.6 Å². The number of carbonyl (C=O) groups excluding carboxylic acids is 2. The maximum absolute atomic E-state index is 12.5. The van der Waals surface area contributed by atoms with Crippen molar-refractivity contribution in [1.29, 1.82) is 0 Å². The molecule has 2 aromatic carbocycles. The fourth-order valence-corrected chi connectivity index (χ4v) is 4.09. The van der Waals surface area contributed by atoms with Gasteiger partial charge in [-0.2, -0.15) is 5.10 Å². The van der Waals surface area contributed by atoms with Gasteiger partial charge in [0.25, 0.3) is 0 Å². The second-order valence-electron chi connectivity index (χ2n) is 8.24. The molecule has 33 heavy (non-hydrogen) atoms. The van der Waals surface area contributed by atoms with Crippen LogP contribution in [0.3, 0.4) is 0 Å². The van der Waals surface area contributed by atoms with E-state index in [9.17, 15) is 9.59 Å². The highest BCUT2D eigenvalue weighted by Gasteiger charge is 2.15. The molecule has 1 heterocycles. The van der Waals surface area contributed by atoms with Crippen LogP contribution in [0.5, 0.6) is 0 Å². The van der Waals surface area contributed by atoms with Crippen molar-refractivity contribution in [3.63, 3.8) is 0 Å². The third kappa shape index (κ3) is 6.31. The molecule has 3 aromatic rings. The van der Waals surface area contributed by atoms with E-state index in [-0.39, 0.29) is 11.8 Å². The van der Waals surface area contributed by atoms with Gasteiger partial charge >= 0.3 is 0 Å². The number of nitrogens with one attached hydrogen (secondary N) is 2. The van der Waals surface area contributed by atoms with Gasteiger partial charge in [-0.1, -0.05) is 50.2 Å². The molecule has 0 spiro atoms. The summed E-state index contributed by atoms with van der Waals surface area (Å²) in [5, 5.41) is 10.7. The summed E-state index contributed by atoms with van der Waals surface area (Å²) in [7, 11) is 0. The molecule has 3 rings (SSSR count). The highest BCUT2D eigenvalue weighted by molar-refractivity contribution is 5.92. The number of anilines is 2. The molecule has 2 amide bonds. The van der Waals surface area contributed by atoms with E-state index in [1.54, 1.807) is 0 Å². The van der Waals surface area contributed by atoms with Crippen molar-refractivity contribution >= 4 is 23.2 Å². The summed E-state index contributed by atoms with van der Waals surface area (Å²) in [6, 6.07) is 15.8. The van der Waals surface area contributed by atoms with Crippen LogP contribution < -0.4 is 10.6 Å². The van der Waals surface area contributed by atoms with Gasteiger partial charge in [-0.3, -0.25) is 14.3 Å². The first-order valence-corrected chi connectivity index (χ1v) is 11.7. The Labute approximate surface area is 196 Å². The van der Waals surface area contributed by atoms with Gasteiger partial charge in [0.05, 0.1) is 5.69 Å². The number of rotatable bonds is 10. The minimum atomic E-state index is -0.0287. The molecule has 0 unspecified atom stereocenters. The number of carbonyl (C=O) groups is 2. The first kappa shape index (κ1) is 24.2. The van der Waals surface area contributed by atoms with Crippen LogP contribution in [-0.4, -0.2) is 21.6 Å². The molecule has 0 aliphatic carbocycles. The van der Waals surface area contributed by atoms with Crippen molar-refractivity contribution in [1.82, 2.24) is 9.78 Å². The summed E-state index contributed by atoms with van der Waals surface area (Å²) in [4.78, 5) is 25.0. The molecule has 174 valence electrons. The van der Waals surface area contributed by atoms with Gasteiger partial charge in [0.1, 0.15) is 0 Å². The van der Waals surface area contributed by atoms with E-state index < -0.39 is 0 Å². The summed E-state index contributed by atoms with van der Waals surface area (Å²) in [5.74, 6) is -0.0320. The number of amides is 2. The molecule has 0 bridgehead atoms.